The summed E-state index contributed by atoms with van der Waals surface area (Å²) in [5.74, 6) is 0.957. The molecule has 0 aromatic carbocycles. The van der Waals surface area contributed by atoms with Crippen LogP contribution in [0.25, 0.3) is 0 Å². The van der Waals surface area contributed by atoms with Crippen LogP contribution in [0, 0.1) is 5.92 Å². The summed E-state index contributed by atoms with van der Waals surface area (Å²) in [5, 5.41) is 2.99. The van der Waals surface area contributed by atoms with Gasteiger partial charge in [0.05, 0.1) is 6.10 Å². The van der Waals surface area contributed by atoms with E-state index in [1.807, 2.05) is 0 Å². The molecule has 2 atom stereocenters. The molecule has 1 saturated carbocycles. The van der Waals surface area contributed by atoms with Crippen LogP contribution >= 0.6 is 15.9 Å². The van der Waals surface area contributed by atoms with E-state index in [0.29, 0.717) is 17.4 Å². The fourth-order valence-corrected chi connectivity index (χ4v) is 2.78. The second-order valence-electron chi connectivity index (χ2n) is 4.83. The maximum Gasteiger partial charge on any atom is 0.220 e. The van der Waals surface area contributed by atoms with Gasteiger partial charge in [-0.2, -0.15) is 0 Å². The Bertz CT molecular complexity index is 229. The van der Waals surface area contributed by atoms with Gasteiger partial charge >= 0.3 is 0 Å². The Kier molecular flexibility index (Phi) is 4.65. The predicted molar refractivity (Wildman–Crippen MR) is 66.7 cm³/mol. The van der Waals surface area contributed by atoms with Gasteiger partial charge in [0.1, 0.15) is 0 Å². The molecule has 4 heteroatoms. The number of hydrogen-bond donors (Lipinski definition) is 1. The molecule has 1 aliphatic carbocycles. The van der Waals surface area contributed by atoms with E-state index >= 15 is 0 Å². The van der Waals surface area contributed by atoms with Crippen LogP contribution in [-0.4, -0.2) is 30.0 Å². The summed E-state index contributed by atoms with van der Waals surface area (Å²) >= 11 is 3.61. The van der Waals surface area contributed by atoms with Crippen LogP contribution in [0.1, 0.15) is 38.5 Å². The molecule has 0 radical (unpaired) electrons. The molecule has 0 aromatic rings. The summed E-state index contributed by atoms with van der Waals surface area (Å²) in [4.78, 5) is 12.0. The van der Waals surface area contributed by atoms with E-state index in [1.54, 1.807) is 0 Å². The summed E-state index contributed by atoms with van der Waals surface area (Å²) in [7, 11) is 0. The topological polar surface area (TPSA) is 38.3 Å². The van der Waals surface area contributed by atoms with Crippen molar-refractivity contribution < 1.29 is 9.53 Å². The SMILES string of the molecule is O=C(CCC1CCCO1)NCC(Br)C1CC1. The van der Waals surface area contributed by atoms with Crippen molar-refractivity contribution in [2.24, 2.45) is 5.92 Å². The first kappa shape index (κ1) is 12.4. The van der Waals surface area contributed by atoms with Crippen molar-refractivity contribution in [2.45, 2.75) is 49.5 Å². The molecule has 1 amide bonds. The third-order valence-corrected chi connectivity index (χ3v) is 4.42. The standard InChI is InChI=1S/C12H20BrNO2/c13-11(9-3-4-9)8-14-12(15)6-5-10-2-1-7-16-10/h9-11H,1-8H2,(H,14,15). The van der Waals surface area contributed by atoms with Gasteiger partial charge in [-0.3, -0.25) is 4.79 Å². The number of ether oxygens (including phenoxy) is 1. The maximum absolute atomic E-state index is 11.6. The fraction of sp³-hybridized carbons (Fsp3) is 0.917. The van der Waals surface area contributed by atoms with Gasteiger partial charge in [0.2, 0.25) is 5.91 Å². The predicted octanol–water partition coefficient (Wildman–Crippen LogP) is 2.24. The molecule has 1 heterocycles. The smallest absolute Gasteiger partial charge is 0.220 e. The van der Waals surface area contributed by atoms with Crippen molar-refractivity contribution in [3.05, 3.63) is 0 Å². The third-order valence-electron chi connectivity index (χ3n) is 3.35. The maximum atomic E-state index is 11.6. The summed E-state index contributed by atoms with van der Waals surface area (Å²) in [6, 6.07) is 0. The van der Waals surface area contributed by atoms with Crippen molar-refractivity contribution in [3.63, 3.8) is 0 Å². The lowest BCUT2D eigenvalue weighted by Gasteiger charge is -2.11. The van der Waals surface area contributed by atoms with Gasteiger partial charge < -0.3 is 10.1 Å². The molecule has 16 heavy (non-hydrogen) atoms. The molecule has 92 valence electrons. The van der Waals surface area contributed by atoms with Crippen molar-refractivity contribution in [1.82, 2.24) is 5.32 Å². The number of carbonyl (C=O) groups is 1. The first-order valence-electron chi connectivity index (χ1n) is 6.28. The van der Waals surface area contributed by atoms with E-state index in [4.69, 9.17) is 4.74 Å². The highest BCUT2D eigenvalue weighted by Gasteiger charge is 2.29. The second-order valence-corrected chi connectivity index (χ2v) is 6.01. The molecule has 0 aromatic heterocycles. The highest BCUT2D eigenvalue weighted by atomic mass is 79.9. The molecule has 2 fully saturated rings. The van der Waals surface area contributed by atoms with Gasteiger partial charge in [-0.15, -0.1) is 0 Å². The summed E-state index contributed by atoms with van der Waals surface area (Å²) < 4.78 is 5.49. The van der Waals surface area contributed by atoms with Gasteiger partial charge in [-0.1, -0.05) is 15.9 Å². The van der Waals surface area contributed by atoms with Crippen LogP contribution in [0.4, 0.5) is 0 Å². The molecule has 0 spiro atoms. The van der Waals surface area contributed by atoms with Crippen molar-refractivity contribution in [2.75, 3.05) is 13.2 Å². The van der Waals surface area contributed by atoms with Gasteiger partial charge in [-0.25, -0.2) is 0 Å². The van der Waals surface area contributed by atoms with Gasteiger partial charge in [0.25, 0.3) is 0 Å². The molecule has 1 N–H and O–H groups in total. The van der Waals surface area contributed by atoms with Crippen LogP contribution in [0.3, 0.4) is 0 Å². The number of rotatable bonds is 6. The zero-order chi connectivity index (χ0) is 11.4. The highest BCUT2D eigenvalue weighted by Crippen LogP contribution is 2.36. The lowest BCUT2D eigenvalue weighted by molar-refractivity contribution is -0.121. The third kappa shape index (κ3) is 4.06. The summed E-state index contributed by atoms with van der Waals surface area (Å²) in [5.41, 5.74) is 0. The van der Waals surface area contributed by atoms with E-state index < -0.39 is 0 Å². The molecule has 0 bridgehead atoms. The number of nitrogens with one attached hydrogen (secondary N) is 1. The second kappa shape index (κ2) is 6.01. The molecule has 2 rings (SSSR count). The lowest BCUT2D eigenvalue weighted by Crippen LogP contribution is -2.30. The summed E-state index contributed by atoms with van der Waals surface area (Å²) in [6.07, 6.45) is 6.70. The Hall–Kier alpha value is -0.0900. The van der Waals surface area contributed by atoms with Crippen molar-refractivity contribution >= 4 is 21.8 Å². The van der Waals surface area contributed by atoms with Gasteiger partial charge in [-0.05, 0) is 38.0 Å². The first-order chi connectivity index (χ1) is 7.75. The van der Waals surface area contributed by atoms with Crippen LogP contribution in [0.5, 0.6) is 0 Å². The lowest BCUT2D eigenvalue weighted by atomic mass is 10.1. The van der Waals surface area contributed by atoms with Crippen LogP contribution in [0.2, 0.25) is 0 Å². The molecule has 1 saturated heterocycles. The molecule has 3 nitrogen and oxygen atoms in total. The largest absolute Gasteiger partial charge is 0.378 e. The fourth-order valence-electron chi connectivity index (χ4n) is 2.09. The Morgan fingerprint density at radius 3 is 2.88 bits per heavy atom. The molecular formula is C12H20BrNO2. The van der Waals surface area contributed by atoms with E-state index in [1.165, 1.54) is 12.8 Å². The average Bonchev–Trinajstić information content (AvgIpc) is 3.01. The van der Waals surface area contributed by atoms with E-state index in [9.17, 15) is 4.79 Å². The first-order valence-corrected chi connectivity index (χ1v) is 7.19. The zero-order valence-corrected chi connectivity index (χ0v) is 11.2. The molecule has 2 aliphatic rings. The monoisotopic (exact) mass is 289 g/mol. The Morgan fingerprint density at radius 2 is 2.25 bits per heavy atom. The Labute approximate surface area is 105 Å². The van der Waals surface area contributed by atoms with Crippen molar-refractivity contribution in [1.29, 1.82) is 0 Å². The van der Waals surface area contributed by atoms with E-state index in [-0.39, 0.29) is 5.91 Å². The number of hydrogen-bond acceptors (Lipinski definition) is 2. The number of alkyl halides is 1. The minimum atomic E-state index is 0.167. The molecular weight excluding hydrogens is 270 g/mol. The van der Waals surface area contributed by atoms with Crippen LogP contribution < -0.4 is 5.32 Å². The van der Waals surface area contributed by atoms with Crippen molar-refractivity contribution in [3.8, 4) is 0 Å². The quantitative estimate of drug-likeness (QED) is 0.762. The highest BCUT2D eigenvalue weighted by molar-refractivity contribution is 9.09. The normalized spacial score (nSPS) is 26.7. The van der Waals surface area contributed by atoms with E-state index in [0.717, 1.165) is 38.3 Å². The van der Waals surface area contributed by atoms with E-state index in [2.05, 4.69) is 21.2 Å². The van der Waals surface area contributed by atoms with Gasteiger partial charge in [0, 0.05) is 24.4 Å². The number of carbonyl (C=O) groups excluding carboxylic acids is 1. The number of halogens is 1. The number of amides is 1. The summed E-state index contributed by atoms with van der Waals surface area (Å²) in [6.45, 7) is 1.65. The molecule has 2 unspecified atom stereocenters. The zero-order valence-electron chi connectivity index (χ0n) is 9.58. The molecule has 1 aliphatic heterocycles. The minimum Gasteiger partial charge on any atom is -0.378 e. The van der Waals surface area contributed by atoms with Crippen LogP contribution in [0.15, 0.2) is 0 Å². The van der Waals surface area contributed by atoms with Crippen LogP contribution in [-0.2, 0) is 9.53 Å². The Morgan fingerprint density at radius 1 is 1.44 bits per heavy atom. The van der Waals surface area contributed by atoms with Gasteiger partial charge in [0.15, 0.2) is 0 Å². The Balaban J connectivity index is 1.53. The minimum absolute atomic E-state index is 0.167. The average molecular weight is 290 g/mol.